The number of carbonyl (C=O) groups is 1. The molecule has 2 aliphatic rings. The zero-order valence-corrected chi connectivity index (χ0v) is 14.8. The van der Waals surface area contributed by atoms with Crippen LogP contribution in [-0.2, 0) is 4.74 Å². The van der Waals surface area contributed by atoms with Crippen LogP contribution in [0.4, 0.5) is 4.39 Å². The van der Waals surface area contributed by atoms with E-state index in [1.807, 2.05) is 18.2 Å². The minimum absolute atomic E-state index is 0.0103. The molecule has 0 radical (unpaired) electrons. The predicted octanol–water partition coefficient (Wildman–Crippen LogP) is 3.33. The van der Waals surface area contributed by atoms with Gasteiger partial charge in [0.2, 0.25) is 5.88 Å². The zero-order valence-electron chi connectivity index (χ0n) is 14.0. The molecule has 7 heteroatoms. The summed E-state index contributed by atoms with van der Waals surface area (Å²) in [5.74, 6) is -0.106. The van der Waals surface area contributed by atoms with Gasteiger partial charge in [0.1, 0.15) is 17.5 Å². The van der Waals surface area contributed by atoms with Crippen molar-refractivity contribution < 1.29 is 18.7 Å². The molecule has 0 saturated carbocycles. The maximum Gasteiger partial charge on any atom is 0.254 e. The summed E-state index contributed by atoms with van der Waals surface area (Å²) in [6, 6.07) is 9.57. The Labute approximate surface area is 155 Å². The van der Waals surface area contributed by atoms with Crippen molar-refractivity contribution in [2.24, 2.45) is 0 Å². The first-order chi connectivity index (χ1) is 12.5. The first-order valence-corrected chi connectivity index (χ1v) is 8.88. The molecular weight excluding hydrogens is 359 g/mol. The molecule has 3 heterocycles. The van der Waals surface area contributed by atoms with Gasteiger partial charge in [-0.15, -0.1) is 0 Å². The Bertz CT molecular complexity index is 812. The number of rotatable bonds is 3. The van der Waals surface area contributed by atoms with Gasteiger partial charge in [0, 0.05) is 30.7 Å². The Morgan fingerprint density at radius 3 is 2.92 bits per heavy atom. The third kappa shape index (κ3) is 3.39. The maximum absolute atomic E-state index is 13.3. The van der Waals surface area contributed by atoms with Crippen molar-refractivity contribution >= 4 is 17.5 Å². The van der Waals surface area contributed by atoms with Crippen molar-refractivity contribution in [1.29, 1.82) is 0 Å². The quantitative estimate of drug-likeness (QED) is 0.824. The highest BCUT2D eigenvalue weighted by Crippen LogP contribution is 2.36. The van der Waals surface area contributed by atoms with Gasteiger partial charge in [0.25, 0.3) is 5.91 Å². The number of benzene rings is 1. The third-order valence-corrected chi connectivity index (χ3v) is 5.07. The summed E-state index contributed by atoms with van der Waals surface area (Å²) in [6.07, 6.45) is 3.20. The van der Waals surface area contributed by atoms with E-state index < -0.39 is 5.82 Å². The molecule has 2 aliphatic heterocycles. The van der Waals surface area contributed by atoms with E-state index in [9.17, 15) is 9.18 Å². The number of carbonyl (C=O) groups excluding carboxylic acids is 1. The van der Waals surface area contributed by atoms with Crippen molar-refractivity contribution in [3.63, 3.8) is 0 Å². The summed E-state index contributed by atoms with van der Waals surface area (Å²) < 4.78 is 25.2. The number of halogens is 2. The number of likely N-dealkylation sites (tertiary alicyclic amines) is 1. The van der Waals surface area contributed by atoms with Crippen LogP contribution in [0, 0.1) is 5.82 Å². The summed E-state index contributed by atoms with van der Waals surface area (Å²) >= 11 is 5.77. The van der Waals surface area contributed by atoms with Gasteiger partial charge < -0.3 is 14.4 Å². The largest absolute Gasteiger partial charge is 0.474 e. The fourth-order valence-corrected chi connectivity index (χ4v) is 3.68. The second-order valence-electron chi connectivity index (χ2n) is 6.72. The van der Waals surface area contributed by atoms with Crippen LogP contribution >= 0.6 is 11.6 Å². The van der Waals surface area contributed by atoms with Crippen molar-refractivity contribution in [2.45, 2.75) is 24.5 Å². The maximum atomic E-state index is 13.3. The van der Waals surface area contributed by atoms with E-state index >= 15 is 0 Å². The summed E-state index contributed by atoms with van der Waals surface area (Å²) in [5, 5.41) is -0.0520. The Morgan fingerprint density at radius 1 is 1.35 bits per heavy atom. The van der Waals surface area contributed by atoms with Crippen molar-refractivity contribution in [3.8, 4) is 5.88 Å². The highest BCUT2D eigenvalue weighted by molar-refractivity contribution is 6.31. The van der Waals surface area contributed by atoms with E-state index in [1.54, 1.807) is 11.1 Å². The van der Waals surface area contributed by atoms with E-state index in [4.69, 9.17) is 21.1 Å². The Morgan fingerprint density at radius 2 is 2.19 bits per heavy atom. The average Bonchev–Trinajstić information content (AvgIpc) is 2.62. The van der Waals surface area contributed by atoms with E-state index in [0.717, 1.165) is 6.42 Å². The number of hydrogen-bond donors (Lipinski definition) is 0. The molecule has 1 aromatic heterocycles. The molecule has 1 unspecified atom stereocenters. The standard InChI is InChI=1S/C19H18ClFN2O3/c20-15-9-13(4-5-16(15)21)18(24)23-11-19(12-23)10-14(6-8-25-19)26-17-3-1-2-7-22-17/h1-5,7,9,14H,6,8,10-12H2. The summed E-state index contributed by atoms with van der Waals surface area (Å²) in [4.78, 5) is 18.4. The molecule has 5 nitrogen and oxygen atoms in total. The smallest absolute Gasteiger partial charge is 0.254 e. The number of pyridine rings is 1. The van der Waals surface area contributed by atoms with Crippen LogP contribution in [0.1, 0.15) is 23.2 Å². The van der Waals surface area contributed by atoms with Gasteiger partial charge in [-0.25, -0.2) is 9.37 Å². The molecular formula is C19H18ClFN2O3. The predicted molar refractivity (Wildman–Crippen MR) is 93.9 cm³/mol. The topological polar surface area (TPSA) is 51.7 Å². The summed E-state index contributed by atoms with van der Waals surface area (Å²) in [7, 11) is 0. The van der Waals surface area contributed by atoms with E-state index in [1.165, 1.54) is 18.2 Å². The normalized spacial score (nSPS) is 21.3. The molecule has 1 atom stereocenters. The number of nitrogens with zero attached hydrogens (tertiary/aromatic N) is 2. The highest BCUT2D eigenvalue weighted by atomic mass is 35.5. The molecule has 0 aliphatic carbocycles. The van der Waals surface area contributed by atoms with Crippen LogP contribution in [-0.4, -0.2) is 47.2 Å². The lowest BCUT2D eigenvalue weighted by atomic mass is 9.84. The van der Waals surface area contributed by atoms with Crippen LogP contribution < -0.4 is 4.74 Å². The van der Waals surface area contributed by atoms with Gasteiger partial charge in [-0.3, -0.25) is 4.79 Å². The van der Waals surface area contributed by atoms with Gasteiger partial charge in [-0.05, 0) is 24.3 Å². The van der Waals surface area contributed by atoms with Crippen molar-refractivity contribution in [1.82, 2.24) is 9.88 Å². The Hall–Kier alpha value is -2.18. The third-order valence-electron chi connectivity index (χ3n) is 4.78. The average molecular weight is 377 g/mol. The fourth-order valence-electron chi connectivity index (χ4n) is 3.50. The molecule has 1 aromatic carbocycles. The van der Waals surface area contributed by atoms with E-state index in [-0.39, 0.29) is 22.6 Å². The van der Waals surface area contributed by atoms with Gasteiger partial charge in [0.05, 0.1) is 24.7 Å². The zero-order chi connectivity index (χ0) is 18.1. The molecule has 4 rings (SSSR count). The lowest BCUT2D eigenvalue weighted by molar-refractivity contribution is -0.174. The molecule has 26 heavy (non-hydrogen) atoms. The van der Waals surface area contributed by atoms with E-state index in [0.29, 0.717) is 37.6 Å². The minimum atomic E-state index is -0.534. The van der Waals surface area contributed by atoms with Crippen LogP contribution in [0.5, 0.6) is 5.88 Å². The highest BCUT2D eigenvalue weighted by Gasteiger charge is 2.50. The number of amides is 1. The summed E-state index contributed by atoms with van der Waals surface area (Å²) in [6.45, 7) is 1.56. The Kier molecular flexibility index (Phi) is 4.54. The SMILES string of the molecule is O=C(c1ccc(F)c(Cl)c1)N1CC2(CC(Oc3ccccn3)CCO2)C1. The van der Waals surface area contributed by atoms with Gasteiger partial charge in [-0.1, -0.05) is 17.7 Å². The molecule has 1 spiro atoms. The monoisotopic (exact) mass is 376 g/mol. The van der Waals surface area contributed by atoms with Crippen molar-refractivity contribution in [3.05, 3.63) is 59.0 Å². The molecule has 0 N–H and O–H groups in total. The molecule has 2 saturated heterocycles. The minimum Gasteiger partial charge on any atom is -0.474 e. The number of ether oxygens (including phenoxy) is 2. The number of hydrogen-bond acceptors (Lipinski definition) is 4. The second-order valence-corrected chi connectivity index (χ2v) is 7.13. The summed E-state index contributed by atoms with van der Waals surface area (Å²) in [5.41, 5.74) is 0.000302. The second kappa shape index (κ2) is 6.85. The molecule has 1 amide bonds. The van der Waals surface area contributed by atoms with Crippen LogP contribution in [0.15, 0.2) is 42.6 Å². The fraction of sp³-hybridized carbons (Fsp3) is 0.368. The van der Waals surface area contributed by atoms with Gasteiger partial charge >= 0.3 is 0 Å². The Balaban J connectivity index is 1.38. The molecule has 2 fully saturated rings. The van der Waals surface area contributed by atoms with Crippen LogP contribution in [0.2, 0.25) is 5.02 Å². The van der Waals surface area contributed by atoms with E-state index in [2.05, 4.69) is 4.98 Å². The lowest BCUT2D eigenvalue weighted by Gasteiger charge is -2.52. The lowest BCUT2D eigenvalue weighted by Crippen LogP contribution is -2.67. The molecule has 136 valence electrons. The van der Waals surface area contributed by atoms with Gasteiger partial charge in [0.15, 0.2) is 0 Å². The first kappa shape index (κ1) is 17.2. The van der Waals surface area contributed by atoms with Gasteiger partial charge in [-0.2, -0.15) is 0 Å². The van der Waals surface area contributed by atoms with Crippen LogP contribution in [0.3, 0.4) is 0 Å². The molecule has 2 aromatic rings. The molecule has 0 bridgehead atoms. The van der Waals surface area contributed by atoms with Crippen molar-refractivity contribution in [2.75, 3.05) is 19.7 Å². The first-order valence-electron chi connectivity index (χ1n) is 8.51. The number of aromatic nitrogens is 1. The van der Waals surface area contributed by atoms with Crippen LogP contribution in [0.25, 0.3) is 0 Å².